The van der Waals surface area contributed by atoms with Gasteiger partial charge >= 0.3 is 5.97 Å². The van der Waals surface area contributed by atoms with Gasteiger partial charge < -0.3 is 20.1 Å². The van der Waals surface area contributed by atoms with E-state index in [0.29, 0.717) is 6.61 Å². The molecule has 0 aromatic rings. The van der Waals surface area contributed by atoms with Crippen molar-refractivity contribution in [1.82, 2.24) is 0 Å². The number of carbonyl (C=O) groups is 1. The van der Waals surface area contributed by atoms with Crippen LogP contribution in [0.2, 0.25) is 0 Å². The van der Waals surface area contributed by atoms with E-state index < -0.39 is 17.9 Å². The molecule has 16 heavy (non-hydrogen) atoms. The van der Waals surface area contributed by atoms with Crippen LogP contribution in [0.25, 0.3) is 0 Å². The summed E-state index contributed by atoms with van der Waals surface area (Å²) in [7, 11) is 0. The van der Waals surface area contributed by atoms with Crippen LogP contribution in [0.3, 0.4) is 0 Å². The molecule has 0 radical (unpaired) electrons. The summed E-state index contributed by atoms with van der Waals surface area (Å²) < 4.78 is 4.75. The Kier molecular flexibility index (Phi) is 9.39. The minimum absolute atomic E-state index is 0.325. The molecule has 0 bridgehead atoms. The van der Waals surface area contributed by atoms with Gasteiger partial charge in [0, 0.05) is 12.7 Å². The number of carboxylic acid groups (broad SMARTS) is 1. The van der Waals surface area contributed by atoms with Crippen molar-refractivity contribution in [2.45, 2.75) is 18.8 Å². The number of rotatable bonds is 6. The number of hydrogen-bond acceptors (Lipinski definition) is 4. The molecule has 5 nitrogen and oxygen atoms in total. The summed E-state index contributed by atoms with van der Waals surface area (Å²) in [5.41, 5.74) is -1.55. The Morgan fingerprint density at radius 1 is 1.44 bits per heavy atom. The number of ether oxygens (including phenoxy) is 1. The molecule has 0 aliphatic heterocycles. The van der Waals surface area contributed by atoms with E-state index in [1.807, 2.05) is 0 Å². The smallest absolute Gasteiger partial charge is 0.327 e. The molecule has 92 valence electrons. The Morgan fingerprint density at radius 3 is 2.00 bits per heavy atom. The first-order valence-corrected chi connectivity index (χ1v) is 4.52. The lowest BCUT2D eigenvalue weighted by Gasteiger charge is -2.25. The molecule has 0 amide bonds. The van der Waals surface area contributed by atoms with E-state index in [-0.39, 0.29) is 0 Å². The molecule has 3 N–H and O–H groups in total. The van der Waals surface area contributed by atoms with Crippen LogP contribution in [0.4, 0.5) is 0 Å². The van der Waals surface area contributed by atoms with Crippen molar-refractivity contribution in [2.24, 2.45) is 0 Å². The lowest BCUT2D eigenvalue weighted by molar-refractivity contribution is -0.172. The third kappa shape index (κ3) is 6.94. The van der Waals surface area contributed by atoms with Gasteiger partial charge in [-0.05, 0) is 6.92 Å². The lowest BCUT2D eigenvalue weighted by Crippen LogP contribution is -2.40. The van der Waals surface area contributed by atoms with Gasteiger partial charge in [-0.25, -0.2) is 4.79 Å². The van der Waals surface area contributed by atoms with Gasteiger partial charge in [0.15, 0.2) is 11.9 Å². The number of hydrogen-bond donors (Lipinski definition) is 3. The lowest BCUT2D eigenvalue weighted by atomic mass is 10.0. The summed E-state index contributed by atoms with van der Waals surface area (Å²) in [5, 5.41) is 26.2. The topological polar surface area (TPSA) is 87.0 Å². The molecule has 5 heteroatoms. The fraction of sp³-hybridized carbons (Fsp3) is 0.364. The predicted molar refractivity (Wildman–Crippen MR) is 60.8 cm³/mol. The first-order chi connectivity index (χ1) is 7.37. The summed E-state index contributed by atoms with van der Waals surface area (Å²) in [6.07, 6.45) is 1.91. The number of aliphatic hydroxyl groups is 2. The van der Waals surface area contributed by atoms with Crippen molar-refractivity contribution in [3.05, 3.63) is 38.0 Å². The molecular formula is C11H18O5. The molecule has 0 saturated heterocycles. The van der Waals surface area contributed by atoms with Gasteiger partial charge in [0.2, 0.25) is 0 Å². The highest BCUT2D eigenvalue weighted by Gasteiger charge is 2.29. The Balaban J connectivity index is 0. The Bertz CT molecular complexity index is 239. The molecule has 0 aliphatic carbocycles. The van der Waals surface area contributed by atoms with Gasteiger partial charge in [-0.1, -0.05) is 31.9 Å². The highest BCUT2D eigenvalue weighted by atomic mass is 16.6. The van der Waals surface area contributed by atoms with Crippen molar-refractivity contribution >= 4 is 5.97 Å². The van der Waals surface area contributed by atoms with E-state index >= 15 is 0 Å². The Morgan fingerprint density at radius 2 is 1.81 bits per heavy atom. The second-order valence-electron chi connectivity index (χ2n) is 2.65. The molecule has 0 aromatic carbocycles. The van der Waals surface area contributed by atoms with E-state index in [9.17, 15) is 9.90 Å². The summed E-state index contributed by atoms with van der Waals surface area (Å²) in [6.45, 7) is 11.7. The van der Waals surface area contributed by atoms with E-state index in [1.54, 1.807) is 6.92 Å². The highest BCUT2D eigenvalue weighted by molar-refractivity contribution is 5.78. The molecule has 0 aliphatic rings. The van der Waals surface area contributed by atoms with E-state index in [2.05, 4.69) is 19.7 Å². The fourth-order valence-electron chi connectivity index (χ4n) is 0.576. The van der Waals surface area contributed by atoms with E-state index in [4.69, 9.17) is 14.9 Å². The van der Waals surface area contributed by atoms with Crippen LogP contribution in [0.1, 0.15) is 6.92 Å². The van der Waals surface area contributed by atoms with Gasteiger partial charge in [0.05, 0.1) is 0 Å². The number of aliphatic carboxylic acids is 1. The molecule has 1 unspecified atom stereocenters. The summed E-state index contributed by atoms with van der Waals surface area (Å²) in [6, 6.07) is 0. The molecule has 0 rings (SSSR count). The van der Waals surface area contributed by atoms with Crippen LogP contribution >= 0.6 is 0 Å². The molecule has 1 atom stereocenters. The van der Waals surface area contributed by atoms with Crippen molar-refractivity contribution in [3.63, 3.8) is 0 Å². The van der Waals surface area contributed by atoms with Crippen LogP contribution < -0.4 is 0 Å². The van der Waals surface area contributed by atoms with Crippen LogP contribution in [-0.2, 0) is 9.53 Å². The molecule has 0 heterocycles. The van der Waals surface area contributed by atoms with Gasteiger partial charge in [-0.15, -0.1) is 0 Å². The second kappa shape index (κ2) is 8.84. The van der Waals surface area contributed by atoms with Crippen molar-refractivity contribution in [1.29, 1.82) is 0 Å². The van der Waals surface area contributed by atoms with E-state index in [0.717, 1.165) is 6.08 Å². The van der Waals surface area contributed by atoms with Crippen LogP contribution in [0.15, 0.2) is 38.0 Å². The first-order valence-electron chi connectivity index (χ1n) is 4.52. The maximum atomic E-state index is 9.42. The third-order valence-corrected chi connectivity index (χ3v) is 1.55. The van der Waals surface area contributed by atoms with Gasteiger partial charge in [0.1, 0.15) is 0 Å². The van der Waals surface area contributed by atoms with Crippen LogP contribution in [-0.4, -0.2) is 39.8 Å². The van der Waals surface area contributed by atoms with Crippen molar-refractivity contribution in [2.75, 3.05) is 6.61 Å². The predicted octanol–water partition coefficient (Wildman–Crippen LogP) is 0.701. The van der Waals surface area contributed by atoms with Crippen molar-refractivity contribution < 1.29 is 24.9 Å². The highest BCUT2D eigenvalue weighted by Crippen LogP contribution is 2.13. The van der Waals surface area contributed by atoms with Gasteiger partial charge in [0.25, 0.3) is 0 Å². The minimum atomic E-state index is -1.55. The van der Waals surface area contributed by atoms with Crippen molar-refractivity contribution in [3.8, 4) is 0 Å². The summed E-state index contributed by atoms with van der Waals surface area (Å²) in [5.74, 6) is -0.981. The van der Waals surface area contributed by atoms with Gasteiger partial charge in [-0.3, -0.25) is 0 Å². The average Bonchev–Trinajstić information content (AvgIpc) is 2.29. The third-order valence-electron chi connectivity index (χ3n) is 1.55. The summed E-state index contributed by atoms with van der Waals surface area (Å²) in [4.78, 5) is 9.25. The molecule has 0 spiro atoms. The second-order valence-corrected chi connectivity index (χ2v) is 2.65. The standard InChI is InChI=1S/C8H14O3.C3H4O2/c1-4-8(10,5-2)7(9)11-6-3;1-2-3(4)5/h4-5,7,9-10H,1-2,6H2,3H3;2H,1H2,(H,4,5). The first kappa shape index (κ1) is 17.0. The monoisotopic (exact) mass is 230 g/mol. The van der Waals surface area contributed by atoms with Crippen LogP contribution in [0, 0.1) is 0 Å². The Hall–Kier alpha value is -1.43. The zero-order valence-electron chi connectivity index (χ0n) is 9.30. The molecule has 0 aromatic heterocycles. The van der Waals surface area contributed by atoms with Crippen LogP contribution in [0.5, 0.6) is 0 Å². The molecule has 0 fully saturated rings. The molecular weight excluding hydrogens is 212 g/mol. The SMILES string of the molecule is C=CC(=O)O.C=CC(O)(C=C)C(O)OCC. The Labute approximate surface area is 95.0 Å². The normalized spacial score (nSPS) is 11.7. The minimum Gasteiger partial charge on any atom is -0.478 e. The number of aliphatic hydroxyl groups excluding tert-OH is 1. The number of carboxylic acids is 1. The van der Waals surface area contributed by atoms with Gasteiger partial charge in [-0.2, -0.15) is 0 Å². The largest absolute Gasteiger partial charge is 0.478 e. The average molecular weight is 230 g/mol. The zero-order valence-corrected chi connectivity index (χ0v) is 9.30. The van der Waals surface area contributed by atoms with E-state index in [1.165, 1.54) is 12.2 Å². The summed E-state index contributed by atoms with van der Waals surface area (Å²) >= 11 is 0. The molecule has 0 saturated carbocycles. The maximum absolute atomic E-state index is 9.42. The quantitative estimate of drug-likeness (QED) is 0.355. The zero-order chi connectivity index (χ0) is 13.2. The fourth-order valence-corrected chi connectivity index (χ4v) is 0.576. The maximum Gasteiger partial charge on any atom is 0.327 e.